The lowest BCUT2D eigenvalue weighted by atomic mass is 10.0. The Morgan fingerprint density at radius 1 is 1.14 bits per heavy atom. The van der Waals surface area contributed by atoms with Crippen molar-refractivity contribution >= 4 is 28.5 Å². The van der Waals surface area contributed by atoms with Gasteiger partial charge < -0.3 is 5.11 Å². The molecule has 0 spiro atoms. The van der Waals surface area contributed by atoms with Crippen LogP contribution in [0.5, 0.6) is 0 Å². The van der Waals surface area contributed by atoms with Crippen LogP contribution in [0, 0.1) is 5.82 Å². The van der Waals surface area contributed by atoms with Crippen molar-refractivity contribution in [3.8, 4) is 11.3 Å². The molecule has 0 aliphatic carbocycles. The number of carboxylic acid groups (broad SMARTS) is 1. The van der Waals surface area contributed by atoms with Crippen molar-refractivity contribution in [1.82, 2.24) is 9.97 Å². The molecular weight excluding hydrogens is 295 g/mol. The maximum atomic E-state index is 13.8. The van der Waals surface area contributed by atoms with Crippen LogP contribution < -0.4 is 0 Å². The first kappa shape index (κ1) is 13.5. The lowest BCUT2D eigenvalue weighted by molar-refractivity contribution is 0.0692. The van der Waals surface area contributed by atoms with Gasteiger partial charge in [-0.3, -0.25) is 0 Å². The maximum absolute atomic E-state index is 13.8. The monoisotopic (exact) mass is 302 g/mol. The minimum atomic E-state index is -1.31. The third-order valence-electron chi connectivity index (χ3n) is 3.07. The largest absolute Gasteiger partial charge is 0.478 e. The van der Waals surface area contributed by atoms with Gasteiger partial charge in [-0.15, -0.1) is 0 Å². The number of rotatable bonds is 2. The zero-order chi connectivity index (χ0) is 15.0. The standard InChI is InChI=1S/C15H8ClFN2O2/c16-9-2-4-13-11(6-9)14(19-7-18-13)8-1-3-10(15(20)21)12(17)5-8/h1-7H,(H,20,21). The summed E-state index contributed by atoms with van der Waals surface area (Å²) < 4.78 is 13.8. The summed E-state index contributed by atoms with van der Waals surface area (Å²) >= 11 is 5.97. The van der Waals surface area contributed by atoms with Gasteiger partial charge in [-0.25, -0.2) is 19.2 Å². The van der Waals surface area contributed by atoms with Crippen LogP contribution in [-0.4, -0.2) is 21.0 Å². The molecule has 0 radical (unpaired) electrons. The lowest BCUT2D eigenvalue weighted by Crippen LogP contribution is -2.00. The van der Waals surface area contributed by atoms with Gasteiger partial charge in [0.05, 0.1) is 16.8 Å². The van der Waals surface area contributed by atoms with E-state index < -0.39 is 11.8 Å². The fourth-order valence-corrected chi connectivity index (χ4v) is 2.27. The van der Waals surface area contributed by atoms with Gasteiger partial charge >= 0.3 is 5.97 Å². The Balaban J connectivity index is 2.23. The molecule has 3 aromatic rings. The first-order valence-corrected chi connectivity index (χ1v) is 6.37. The molecule has 104 valence electrons. The Hall–Kier alpha value is -2.53. The molecule has 6 heteroatoms. The van der Waals surface area contributed by atoms with Crippen molar-refractivity contribution in [3.05, 3.63) is 59.1 Å². The molecule has 0 bridgehead atoms. The minimum absolute atomic E-state index is 0.379. The van der Waals surface area contributed by atoms with Gasteiger partial charge in [-0.1, -0.05) is 17.7 Å². The summed E-state index contributed by atoms with van der Waals surface area (Å²) in [6.07, 6.45) is 1.37. The highest BCUT2D eigenvalue weighted by atomic mass is 35.5. The van der Waals surface area contributed by atoms with Crippen LogP contribution in [0.2, 0.25) is 5.02 Å². The van der Waals surface area contributed by atoms with Crippen molar-refractivity contribution in [2.24, 2.45) is 0 Å². The highest BCUT2D eigenvalue weighted by molar-refractivity contribution is 6.31. The Bertz CT molecular complexity index is 867. The average molecular weight is 303 g/mol. The first-order chi connectivity index (χ1) is 10.1. The fourth-order valence-electron chi connectivity index (χ4n) is 2.09. The van der Waals surface area contributed by atoms with E-state index >= 15 is 0 Å². The van der Waals surface area contributed by atoms with Crippen molar-refractivity contribution in [3.63, 3.8) is 0 Å². The molecule has 0 aliphatic heterocycles. The van der Waals surface area contributed by atoms with E-state index in [9.17, 15) is 9.18 Å². The highest BCUT2D eigenvalue weighted by Crippen LogP contribution is 2.28. The Morgan fingerprint density at radius 3 is 2.67 bits per heavy atom. The predicted octanol–water partition coefficient (Wildman–Crippen LogP) is 3.79. The number of nitrogens with zero attached hydrogens (tertiary/aromatic N) is 2. The molecule has 3 rings (SSSR count). The van der Waals surface area contributed by atoms with E-state index in [1.54, 1.807) is 18.2 Å². The van der Waals surface area contributed by atoms with Gasteiger partial charge in [0.15, 0.2) is 0 Å². The van der Waals surface area contributed by atoms with E-state index in [1.165, 1.54) is 18.5 Å². The normalized spacial score (nSPS) is 10.8. The second-order valence-corrected chi connectivity index (χ2v) is 4.82. The van der Waals surface area contributed by atoms with Crippen molar-refractivity contribution in [2.75, 3.05) is 0 Å². The second kappa shape index (κ2) is 5.10. The van der Waals surface area contributed by atoms with E-state index in [2.05, 4.69) is 9.97 Å². The third kappa shape index (κ3) is 2.43. The molecule has 2 aromatic carbocycles. The quantitative estimate of drug-likeness (QED) is 0.782. The Kier molecular flexibility index (Phi) is 3.27. The molecule has 0 amide bonds. The van der Waals surface area contributed by atoms with Crippen molar-refractivity contribution in [1.29, 1.82) is 0 Å². The highest BCUT2D eigenvalue weighted by Gasteiger charge is 2.13. The molecule has 0 atom stereocenters. The number of carboxylic acids is 1. The molecular formula is C15H8ClFN2O2. The second-order valence-electron chi connectivity index (χ2n) is 4.38. The summed E-state index contributed by atoms with van der Waals surface area (Å²) in [5.41, 5.74) is 1.26. The van der Waals surface area contributed by atoms with E-state index in [0.29, 0.717) is 27.2 Å². The van der Waals surface area contributed by atoms with Gasteiger partial charge in [0.25, 0.3) is 0 Å². The Labute approximate surface area is 123 Å². The summed E-state index contributed by atoms with van der Waals surface area (Å²) in [5, 5.41) is 10.0. The molecule has 0 aliphatic rings. The molecule has 4 nitrogen and oxygen atoms in total. The van der Waals surface area contributed by atoms with Crippen molar-refractivity contribution < 1.29 is 14.3 Å². The van der Waals surface area contributed by atoms with Gasteiger partial charge in [-0.2, -0.15) is 0 Å². The Morgan fingerprint density at radius 2 is 1.95 bits per heavy atom. The average Bonchev–Trinajstić information content (AvgIpc) is 2.46. The molecule has 21 heavy (non-hydrogen) atoms. The SMILES string of the molecule is O=C(O)c1ccc(-c2ncnc3ccc(Cl)cc23)cc1F. The van der Waals surface area contributed by atoms with Crippen LogP contribution in [-0.2, 0) is 0 Å². The molecule has 1 heterocycles. The van der Waals surface area contributed by atoms with Crippen LogP contribution in [0.25, 0.3) is 22.2 Å². The number of benzene rings is 2. The van der Waals surface area contributed by atoms with E-state index in [-0.39, 0.29) is 5.56 Å². The summed E-state index contributed by atoms with van der Waals surface area (Å²) in [6.45, 7) is 0. The number of halogens is 2. The summed E-state index contributed by atoms with van der Waals surface area (Å²) in [7, 11) is 0. The number of hydrogen-bond acceptors (Lipinski definition) is 3. The van der Waals surface area contributed by atoms with Crippen LogP contribution in [0.4, 0.5) is 4.39 Å². The molecule has 0 saturated heterocycles. The zero-order valence-corrected chi connectivity index (χ0v) is 11.3. The topological polar surface area (TPSA) is 63.1 Å². The van der Waals surface area contributed by atoms with Gasteiger partial charge in [0.2, 0.25) is 0 Å². The zero-order valence-electron chi connectivity index (χ0n) is 10.5. The van der Waals surface area contributed by atoms with E-state index in [4.69, 9.17) is 16.7 Å². The molecule has 0 saturated carbocycles. The summed E-state index contributed by atoms with van der Waals surface area (Å²) in [6, 6.07) is 9.00. The maximum Gasteiger partial charge on any atom is 0.338 e. The number of aromatic nitrogens is 2. The van der Waals surface area contributed by atoms with Gasteiger partial charge in [0.1, 0.15) is 12.1 Å². The van der Waals surface area contributed by atoms with Crippen LogP contribution in [0.3, 0.4) is 0 Å². The van der Waals surface area contributed by atoms with Crippen LogP contribution >= 0.6 is 11.6 Å². The number of carbonyl (C=O) groups is 1. The van der Waals surface area contributed by atoms with Crippen LogP contribution in [0.15, 0.2) is 42.7 Å². The molecule has 0 unspecified atom stereocenters. The number of hydrogen-bond donors (Lipinski definition) is 1. The number of fused-ring (bicyclic) bond motifs is 1. The number of aromatic carboxylic acids is 1. The lowest BCUT2D eigenvalue weighted by Gasteiger charge is -2.07. The summed E-state index contributed by atoms with van der Waals surface area (Å²) in [4.78, 5) is 19.1. The predicted molar refractivity (Wildman–Crippen MR) is 76.9 cm³/mol. The van der Waals surface area contributed by atoms with Crippen molar-refractivity contribution in [2.45, 2.75) is 0 Å². The first-order valence-electron chi connectivity index (χ1n) is 6.00. The molecule has 0 fully saturated rings. The summed E-state index contributed by atoms with van der Waals surface area (Å²) in [5.74, 6) is -2.12. The van der Waals surface area contributed by atoms with E-state index in [1.807, 2.05) is 0 Å². The van der Waals surface area contributed by atoms with Gasteiger partial charge in [-0.05, 0) is 30.3 Å². The van der Waals surface area contributed by atoms with Gasteiger partial charge in [0, 0.05) is 16.0 Å². The van der Waals surface area contributed by atoms with E-state index in [0.717, 1.165) is 6.07 Å². The molecule has 1 aromatic heterocycles. The smallest absolute Gasteiger partial charge is 0.338 e. The third-order valence-corrected chi connectivity index (χ3v) is 3.31. The van der Waals surface area contributed by atoms with Crippen LogP contribution in [0.1, 0.15) is 10.4 Å². The molecule has 1 N–H and O–H groups in total. The fraction of sp³-hybridized carbons (Fsp3) is 0. The minimum Gasteiger partial charge on any atom is -0.478 e.